The number of fused-ring (bicyclic) bond motifs is 2. The Balaban J connectivity index is 0.000000104. The molecule has 6 rings (SSSR count). The van der Waals surface area contributed by atoms with Gasteiger partial charge in [0.15, 0.2) is 0 Å². The summed E-state index contributed by atoms with van der Waals surface area (Å²) in [6.45, 7) is 2.46. The molecule has 158 valence electrons. The molecule has 0 amide bonds. The van der Waals surface area contributed by atoms with Crippen LogP contribution < -0.4 is 0 Å². The van der Waals surface area contributed by atoms with E-state index in [0.29, 0.717) is 0 Å². The van der Waals surface area contributed by atoms with Crippen molar-refractivity contribution in [1.29, 1.82) is 0 Å². The summed E-state index contributed by atoms with van der Waals surface area (Å²) in [6.07, 6.45) is 28.5. The summed E-state index contributed by atoms with van der Waals surface area (Å²) in [6, 6.07) is 5.03. The zero-order chi connectivity index (χ0) is 19.2. The molecule has 0 aromatic carbocycles. The third-order valence-electron chi connectivity index (χ3n) is 9.02. The Hall–Kier alpha value is -0.720. The van der Waals surface area contributed by atoms with E-state index in [4.69, 9.17) is 0 Å². The van der Waals surface area contributed by atoms with Crippen molar-refractivity contribution in [2.75, 3.05) is 0 Å². The lowest BCUT2D eigenvalue weighted by Crippen LogP contribution is -2.21. The molecule has 3 atom stereocenters. The van der Waals surface area contributed by atoms with Gasteiger partial charge in [-0.25, -0.2) is 0 Å². The van der Waals surface area contributed by atoms with Gasteiger partial charge in [-0.05, 0) is 61.0 Å². The van der Waals surface area contributed by atoms with Crippen LogP contribution in [0.1, 0.15) is 116 Å². The maximum absolute atomic E-state index is 2.46. The first-order chi connectivity index (χ1) is 13.8. The Kier molecular flexibility index (Phi) is 7.60. The largest absolute Gasteiger partial charge is 0.351 e. The molecule has 0 radical (unpaired) electrons. The van der Waals surface area contributed by atoms with Gasteiger partial charge in [-0.1, -0.05) is 90.4 Å². The van der Waals surface area contributed by atoms with Crippen molar-refractivity contribution in [1.82, 2.24) is 4.57 Å². The van der Waals surface area contributed by atoms with Gasteiger partial charge < -0.3 is 4.57 Å². The fourth-order valence-corrected chi connectivity index (χ4v) is 7.40. The van der Waals surface area contributed by atoms with E-state index in [0.717, 1.165) is 23.8 Å². The van der Waals surface area contributed by atoms with Crippen molar-refractivity contribution in [3.63, 3.8) is 0 Å². The van der Waals surface area contributed by atoms with E-state index >= 15 is 0 Å². The predicted molar refractivity (Wildman–Crippen MR) is 120 cm³/mol. The number of hydrogen-bond donors (Lipinski definition) is 0. The van der Waals surface area contributed by atoms with E-state index in [9.17, 15) is 0 Å². The lowest BCUT2D eigenvalue weighted by atomic mass is 9.75. The molecule has 1 heterocycles. The van der Waals surface area contributed by atoms with Crippen LogP contribution >= 0.6 is 0 Å². The molecule has 0 aliphatic heterocycles. The number of hydrogen-bond acceptors (Lipinski definition) is 0. The van der Waals surface area contributed by atoms with Gasteiger partial charge in [-0.2, -0.15) is 0 Å². The van der Waals surface area contributed by atoms with Crippen LogP contribution in [0.15, 0.2) is 24.5 Å². The van der Waals surface area contributed by atoms with Crippen molar-refractivity contribution in [2.24, 2.45) is 29.6 Å². The SMILES string of the molecule is C1CC2CCCC2C1.CC1CCCC2CCCC12.c1ccn(C2CCCC2)c1. The van der Waals surface area contributed by atoms with Gasteiger partial charge in [0.05, 0.1) is 0 Å². The van der Waals surface area contributed by atoms with Crippen LogP contribution in [0.25, 0.3) is 0 Å². The normalized spacial score (nSPS) is 36.8. The second-order valence-corrected chi connectivity index (χ2v) is 10.7. The third-order valence-corrected chi connectivity index (χ3v) is 9.02. The Morgan fingerprint density at radius 1 is 0.536 bits per heavy atom. The molecular weight excluding hydrogens is 338 g/mol. The van der Waals surface area contributed by atoms with E-state index in [1.54, 1.807) is 44.9 Å². The molecule has 0 saturated heterocycles. The molecule has 5 aliphatic rings. The number of nitrogens with zero attached hydrogens (tertiary/aromatic N) is 1. The first-order valence-corrected chi connectivity index (χ1v) is 12.9. The van der Waals surface area contributed by atoms with E-state index in [2.05, 4.69) is 36.0 Å². The Bertz CT molecular complexity index is 521. The van der Waals surface area contributed by atoms with Gasteiger partial charge in [0, 0.05) is 18.4 Å². The number of aromatic nitrogens is 1. The van der Waals surface area contributed by atoms with Crippen LogP contribution in [0, 0.1) is 29.6 Å². The van der Waals surface area contributed by atoms with E-state index in [1.165, 1.54) is 69.6 Å². The van der Waals surface area contributed by atoms with Crippen molar-refractivity contribution in [3.05, 3.63) is 24.5 Å². The summed E-state index contributed by atoms with van der Waals surface area (Å²) >= 11 is 0. The highest BCUT2D eigenvalue weighted by Crippen LogP contribution is 2.45. The summed E-state index contributed by atoms with van der Waals surface area (Å²) < 4.78 is 2.34. The lowest BCUT2D eigenvalue weighted by molar-refractivity contribution is 0.197. The molecule has 1 nitrogen and oxygen atoms in total. The zero-order valence-electron chi connectivity index (χ0n) is 18.5. The van der Waals surface area contributed by atoms with Crippen molar-refractivity contribution in [3.8, 4) is 0 Å². The second kappa shape index (κ2) is 10.4. The number of rotatable bonds is 1. The summed E-state index contributed by atoms with van der Waals surface area (Å²) in [4.78, 5) is 0. The molecule has 5 aliphatic carbocycles. The first-order valence-electron chi connectivity index (χ1n) is 12.9. The minimum absolute atomic E-state index is 0.815. The summed E-state index contributed by atoms with van der Waals surface area (Å²) in [7, 11) is 0. The Labute approximate surface area is 174 Å². The van der Waals surface area contributed by atoms with Crippen molar-refractivity contribution >= 4 is 0 Å². The Morgan fingerprint density at radius 2 is 1.04 bits per heavy atom. The molecule has 1 aromatic heterocycles. The van der Waals surface area contributed by atoms with Crippen LogP contribution in [0.2, 0.25) is 0 Å². The van der Waals surface area contributed by atoms with Gasteiger partial charge in [0.1, 0.15) is 0 Å². The molecule has 5 fully saturated rings. The minimum Gasteiger partial charge on any atom is -0.351 e. The van der Waals surface area contributed by atoms with E-state index in [-0.39, 0.29) is 0 Å². The van der Waals surface area contributed by atoms with Crippen LogP contribution in [0.4, 0.5) is 0 Å². The molecule has 1 heteroatoms. The molecule has 0 bridgehead atoms. The van der Waals surface area contributed by atoms with Gasteiger partial charge >= 0.3 is 0 Å². The molecule has 0 N–H and O–H groups in total. The average molecular weight is 384 g/mol. The minimum atomic E-state index is 0.815. The molecule has 28 heavy (non-hydrogen) atoms. The molecule has 1 aromatic rings. The highest BCUT2D eigenvalue weighted by atomic mass is 15.0. The van der Waals surface area contributed by atoms with Crippen molar-refractivity contribution in [2.45, 2.75) is 116 Å². The zero-order valence-corrected chi connectivity index (χ0v) is 18.5. The molecular formula is C27H45N. The third kappa shape index (κ3) is 5.25. The highest BCUT2D eigenvalue weighted by molar-refractivity contribution is 4.94. The maximum atomic E-state index is 2.46. The van der Waals surface area contributed by atoms with Gasteiger partial charge in [-0.3, -0.25) is 0 Å². The second-order valence-electron chi connectivity index (χ2n) is 10.7. The highest BCUT2D eigenvalue weighted by Gasteiger charge is 2.33. The summed E-state index contributed by atoms with van der Waals surface area (Å²) in [5.41, 5.74) is 0. The first kappa shape index (κ1) is 20.5. The smallest absolute Gasteiger partial charge is 0.0330 e. The summed E-state index contributed by atoms with van der Waals surface area (Å²) in [5.74, 6) is 5.68. The Morgan fingerprint density at radius 3 is 1.61 bits per heavy atom. The predicted octanol–water partition coefficient (Wildman–Crippen LogP) is 8.41. The quantitative estimate of drug-likeness (QED) is 0.458. The van der Waals surface area contributed by atoms with Crippen molar-refractivity contribution < 1.29 is 0 Å². The van der Waals surface area contributed by atoms with E-state index < -0.39 is 0 Å². The van der Waals surface area contributed by atoms with Gasteiger partial charge in [0.25, 0.3) is 0 Å². The van der Waals surface area contributed by atoms with Crippen LogP contribution in [0.3, 0.4) is 0 Å². The summed E-state index contributed by atoms with van der Waals surface area (Å²) in [5, 5.41) is 0. The fraction of sp³-hybridized carbons (Fsp3) is 0.852. The van der Waals surface area contributed by atoms with E-state index in [1.807, 2.05) is 0 Å². The van der Waals surface area contributed by atoms with Gasteiger partial charge in [-0.15, -0.1) is 0 Å². The van der Waals surface area contributed by atoms with Gasteiger partial charge in [0.2, 0.25) is 0 Å². The molecule has 0 spiro atoms. The fourth-order valence-electron chi connectivity index (χ4n) is 7.40. The standard InChI is InChI=1S/C10H18.C9H13N.C8H14/c1-8-4-2-5-9-6-3-7-10(8)9;1-2-6-9(5-1)10-7-3-4-8-10;1-3-7-5-2-6-8(7)4-1/h8-10H,2-7H2,1H3;3-4,7-9H,1-2,5-6H2;7-8H,1-6H2. The lowest BCUT2D eigenvalue weighted by Gasteiger charge is -2.31. The molecule has 5 saturated carbocycles. The maximum Gasteiger partial charge on any atom is 0.0330 e. The molecule has 3 unspecified atom stereocenters. The van der Waals surface area contributed by atoms with Crippen LogP contribution in [-0.4, -0.2) is 4.57 Å². The average Bonchev–Trinajstić information content (AvgIpc) is 3.54. The van der Waals surface area contributed by atoms with Crippen LogP contribution in [-0.2, 0) is 0 Å². The topological polar surface area (TPSA) is 4.93 Å². The van der Waals surface area contributed by atoms with Crippen LogP contribution in [0.5, 0.6) is 0 Å². The monoisotopic (exact) mass is 383 g/mol.